The van der Waals surface area contributed by atoms with Crippen LogP contribution in [0.3, 0.4) is 0 Å². The highest BCUT2D eigenvalue weighted by molar-refractivity contribution is 6.31. The summed E-state index contributed by atoms with van der Waals surface area (Å²) in [6, 6.07) is 4.68. The molecule has 0 fully saturated rings. The molecule has 0 aromatic heterocycles. The van der Waals surface area contributed by atoms with Gasteiger partial charge in [-0.05, 0) is 31.5 Å². The monoisotopic (exact) mass is 253 g/mol. The maximum Gasteiger partial charge on any atom is 0.252 e. The zero-order valence-corrected chi connectivity index (χ0v) is 11.0. The number of amides is 1. The molecule has 1 N–H and O–H groups in total. The summed E-state index contributed by atoms with van der Waals surface area (Å²) in [4.78, 5) is 23.3. The molecule has 0 saturated heterocycles. The molecule has 92 valence electrons. The van der Waals surface area contributed by atoms with E-state index in [0.29, 0.717) is 17.0 Å². The molecule has 17 heavy (non-hydrogen) atoms. The highest BCUT2D eigenvalue weighted by Crippen LogP contribution is 2.18. The van der Waals surface area contributed by atoms with E-state index in [4.69, 9.17) is 11.6 Å². The van der Waals surface area contributed by atoms with Gasteiger partial charge >= 0.3 is 0 Å². The molecule has 0 bridgehead atoms. The van der Waals surface area contributed by atoms with E-state index in [1.165, 1.54) is 0 Å². The Bertz CT molecular complexity index is 443. The Hall–Kier alpha value is -1.35. The molecule has 0 spiro atoms. The lowest BCUT2D eigenvalue weighted by Crippen LogP contribution is -2.38. The molecule has 0 aliphatic heterocycles. The van der Waals surface area contributed by atoms with Gasteiger partial charge in [-0.15, -0.1) is 0 Å². The summed E-state index contributed by atoms with van der Waals surface area (Å²) in [5.74, 6) is -0.252. The number of carbonyl (C=O) groups excluding carboxylic acids is 2. The van der Waals surface area contributed by atoms with Gasteiger partial charge in [0.2, 0.25) is 0 Å². The van der Waals surface area contributed by atoms with Crippen molar-refractivity contribution in [2.24, 2.45) is 0 Å². The summed E-state index contributed by atoms with van der Waals surface area (Å²) in [6.45, 7) is 5.24. The Morgan fingerprint density at radius 1 is 1.41 bits per heavy atom. The quantitative estimate of drug-likeness (QED) is 0.897. The molecule has 1 unspecified atom stereocenters. The number of hydrogen-bond donors (Lipinski definition) is 1. The van der Waals surface area contributed by atoms with E-state index in [1.54, 1.807) is 39.0 Å². The van der Waals surface area contributed by atoms with Gasteiger partial charge < -0.3 is 5.32 Å². The first-order chi connectivity index (χ1) is 7.97. The standard InChI is InChI=1S/C13H16ClNO2/c1-4-12(16)9(3)15-13(17)10-6-5-7-11(14)8(10)2/h5-7,9H,4H2,1-3H3,(H,15,17). The second kappa shape index (κ2) is 5.82. The van der Waals surface area contributed by atoms with Crippen molar-refractivity contribution in [3.05, 3.63) is 34.3 Å². The van der Waals surface area contributed by atoms with Crippen LogP contribution in [0.15, 0.2) is 18.2 Å². The summed E-state index contributed by atoms with van der Waals surface area (Å²) in [7, 11) is 0. The maximum absolute atomic E-state index is 11.9. The molecule has 3 nitrogen and oxygen atoms in total. The van der Waals surface area contributed by atoms with Gasteiger partial charge in [0.1, 0.15) is 0 Å². The van der Waals surface area contributed by atoms with E-state index in [-0.39, 0.29) is 11.7 Å². The van der Waals surface area contributed by atoms with Crippen LogP contribution in [0.5, 0.6) is 0 Å². The van der Waals surface area contributed by atoms with Crippen molar-refractivity contribution in [3.63, 3.8) is 0 Å². The molecule has 1 rings (SSSR count). The van der Waals surface area contributed by atoms with E-state index in [2.05, 4.69) is 5.32 Å². The molecule has 0 radical (unpaired) electrons. The molecular weight excluding hydrogens is 238 g/mol. The van der Waals surface area contributed by atoms with Crippen LogP contribution in [0.25, 0.3) is 0 Å². The number of benzene rings is 1. The Kier molecular flexibility index (Phi) is 4.70. The minimum absolute atomic E-state index is 0.0121. The Morgan fingerprint density at radius 2 is 2.06 bits per heavy atom. The average molecular weight is 254 g/mol. The van der Waals surface area contributed by atoms with Gasteiger partial charge in [-0.25, -0.2) is 0 Å². The number of hydrogen-bond acceptors (Lipinski definition) is 2. The lowest BCUT2D eigenvalue weighted by Gasteiger charge is -2.13. The van der Waals surface area contributed by atoms with Crippen molar-refractivity contribution in [1.29, 1.82) is 0 Å². The number of ketones is 1. The van der Waals surface area contributed by atoms with Crippen LogP contribution < -0.4 is 5.32 Å². The number of nitrogens with one attached hydrogen (secondary N) is 1. The normalized spacial score (nSPS) is 12.0. The molecular formula is C13H16ClNO2. The van der Waals surface area contributed by atoms with Crippen LogP contribution in [-0.2, 0) is 4.79 Å². The first kappa shape index (κ1) is 13.7. The fourth-order valence-electron chi connectivity index (χ4n) is 1.51. The van der Waals surface area contributed by atoms with Gasteiger partial charge in [-0.1, -0.05) is 24.6 Å². The predicted molar refractivity (Wildman–Crippen MR) is 68.4 cm³/mol. The fraction of sp³-hybridized carbons (Fsp3) is 0.385. The fourth-order valence-corrected chi connectivity index (χ4v) is 1.69. The second-order valence-corrected chi connectivity index (χ2v) is 4.33. The average Bonchev–Trinajstić information content (AvgIpc) is 2.31. The third-order valence-corrected chi connectivity index (χ3v) is 3.10. The first-order valence-corrected chi connectivity index (χ1v) is 5.93. The number of carbonyl (C=O) groups is 2. The first-order valence-electron chi connectivity index (χ1n) is 5.56. The van der Waals surface area contributed by atoms with E-state index < -0.39 is 6.04 Å². The maximum atomic E-state index is 11.9. The van der Waals surface area contributed by atoms with Crippen molar-refractivity contribution >= 4 is 23.3 Å². The van der Waals surface area contributed by atoms with Crippen LogP contribution in [0.4, 0.5) is 0 Å². The highest BCUT2D eigenvalue weighted by atomic mass is 35.5. The van der Waals surface area contributed by atoms with Crippen LogP contribution in [0.1, 0.15) is 36.2 Å². The molecule has 1 aromatic rings. The summed E-state index contributed by atoms with van der Waals surface area (Å²) in [6.07, 6.45) is 0.413. The predicted octanol–water partition coefficient (Wildman–Crippen LogP) is 2.75. The minimum Gasteiger partial charge on any atom is -0.343 e. The summed E-state index contributed by atoms with van der Waals surface area (Å²) in [5.41, 5.74) is 1.23. The third kappa shape index (κ3) is 3.30. The van der Waals surface area contributed by atoms with Gasteiger partial charge in [0.05, 0.1) is 6.04 Å². The van der Waals surface area contributed by atoms with Crippen LogP contribution in [-0.4, -0.2) is 17.7 Å². The number of rotatable bonds is 4. The summed E-state index contributed by atoms with van der Waals surface area (Å²) >= 11 is 5.94. The van der Waals surface area contributed by atoms with Crippen LogP contribution >= 0.6 is 11.6 Å². The van der Waals surface area contributed by atoms with Crippen molar-refractivity contribution in [2.45, 2.75) is 33.2 Å². The number of halogens is 1. The van der Waals surface area contributed by atoms with E-state index in [1.807, 2.05) is 0 Å². The lowest BCUT2D eigenvalue weighted by atomic mass is 10.1. The molecule has 1 amide bonds. The lowest BCUT2D eigenvalue weighted by molar-refractivity contribution is -0.120. The van der Waals surface area contributed by atoms with Crippen LogP contribution in [0, 0.1) is 6.92 Å². The van der Waals surface area contributed by atoms with Gasteiger partial charge in [-0.3, -0.25) is 9.59 Å². The van der Waals surface area contributed by atoms with Gasteiger partial charge in [-0.2, -0.15) is 0 Å². The Labute approximate surface area is 106 Å². The Balaban J connectivity index is 2.84. The zero-order valence-electron chi connectivity index (χ0n) is 10.2. The highest BCUT2D eigenvalue weighted by Gasteiger charge is 2.16. The minimum atomic E-state index is -0.467. The summed E-state index contributed by atoms with van der Waals surface area (Å²) < 4.78 is 0. The molecule has 0 aliphatic carbocycles. The van der Waals surface area contributed by atoms with Crippen molar-refractivity contribution in [2.75, 3.05) is 0 Å². The topological polar surface area (TPSA) is 46.2 Å². The van der Waals surface area contributed by atoms with E-state index in [9.17, 15) is 9.59 Å². The van der Waals surface area contributed by atoms with Crippen LogP contribution in [0.2, 0.25) is 5.02 Å². The van der Waals surface area contributed by atoms with Gasteiger partial charge in [0.15, 0.2) is 5.78 Å². The second-order valence-electron chi connectivity index (χ2n) is 3.93. The Morgan fingerprint density at radius 3 is 2.65 bits per heavy atom. The molecule has 0 aliphatic rings. The molecule has 1 aromatic carbocycles. The largest absolute Gasteiger partial charge is 0.343 e. The van der Waals surface area contributed by atoms with Crippen molar-refractivity contribution in [1.82, 2.24) is 5.32 Å². The molecule has 1 atom stereocenters. The van der Waals surface area contributed by atoms with Crippen molar-refractivity contribution < 1.29 is 9.59 Å². The van der Waals surface area contributed by atoms with E-state index in [0.717, 1.165) is 5.56 Å². The smallest absolute Gasteiger partial charge is 0.252 e. The molecule has 4 heteroatoms. The molecule has 0 saturated carbocycles. The third-order valence-electron chi connectivity index (χ3n) is 2.69. The SMILES string of the molecule is CCC(=O)C(C)NC(=O)c1cccc(Cl)c1C. The zero-order chi connectivity index (χ0) is 13.0. The summed E-state index contributed by atoms with van der Waals surface area (Å²) in [5, 5.41) is 3.22. The van der Waals surface area contributed by atoms with E-state index >= 15 is 0 Å². The van der Waals surface area contributed by atoms with Gasteiger partial charge in [0.25, 0.3) is 5.91 Å². The molecule has 0 heterocycles. The van der Waals surface area contributed by atoms with Crippen molar-refractivity contribution in [3.8, 4) is 0 Å². The van der Waals surface area contributed by atoms with Gasteiger partial charge in [0, 0.05) is 17.0 Å². The number of Topliss-reactive ketones (excluding diaryl/α,β-unsaturated/α-hetero) is 1.